The zero-order valence-electron chi connectivity index (χ0n) is 15.2. The second-order valence-corrected chi connectivity index (χ2v) is 6.93. The van der Waals surface area contributed by atoms with Gasteiger partial charge in [-0.1, -0.05) is 0 Å². The van der Waals surface area contributed by atoms with Gasteiger partial charge in [-0.3, -0.25) is 4.79 Å². The molecule has 0 aromatic heterocycles. The fourth-order valence-electron chi connectivity index (χ4n) is 3.26. The van der Waals surface area contributed by atoms with Crippen molar-refractivity contribution in [3.8, 4) is 11.5 Å². The molecule has 2 atom stereocenters. The Kier molecular flexibility index (Phi) is 7.49. The molecule has 1 aliphatic carbocycles. The molecule has 6 nitrogen and oxygen atoms in total. The van der Waals surface area contributed by atoms with Gasteiger partial charge in [0.1, 0.15) is 0 Å². The average molecular weight is 406 g/mol. The summed E-state index contributed by atoms with van der Waals surface area (Å²) < 4.78 is 35.4. The number of rotatable bonds is 8. The van der Waals surface area contributed by atoms with Gasteiger partial charge in [-0.15, -0.1) is 12.4 Å². The van der Waals surface area contributed by atoms with E-state index in [4.69, 9.17) is 10.5 Å². The normalized spacial score (nSPS) is 21.7. The van der Waals surface area contributed by atoms with Crippen LogP contribution in [0.15, 0.2) is 18.2 Å². The van der Waals surface area contributed by atoms with Gasteiger partial charge in [0, 0.05) is 43.9 Å². The Balaban J connectivity index is 0.00000261. The van der Waals surface area contributed by atoms with Crippen molar-refractivity contribution in [1.82, 2.24) is 4.90 Å². The largest absolute Gasteiger partial charge is 0.489 e. The second-order valence-electron chi connectivity index (χ2n) is 6.93. The van der Waals surface area contributed by atoms with Gasteiger partial charge >= 0.3 is 6.61 Å². The maximum Gasteiger partial charge on any atom is 0.387 e. The van der Waals surface area contributed by atoms with Gasteiger partial charge in [0.2, 0.25) is 5.91 Å². The number of hydrogen-bond acceptors (Lipinski definition) is 5. The molecule has 3 N–H and O–H groups in total. The van der Waals surface area contributed by atoms with E-state index in [-0.39, 0.29) is 36.1 Å². The summed E-state index contributed by atoms with van der Waals surface area (Å²) in [4.78, 5) is 13.5. The Hall–Kier alpha value is -1.80. The Morgan fingerprint density at radius 3 is 2.67 bits per heavy atom. The van der Waals surface area contributed by atoms with E-state index in [1.54, 1.807) is 17.0 Å². The molecule has 0 bridgehead atoms. The highest BCUT2D eigenvalue weighted by molar-refractivity contribution is 5.85. The summed E-state index contributed by atoms with van der Waals surface area (Å²) in [6, 6.07) is 4.89. The van der Waals surface area contributed by atoms with E-state index < -0.39 is 6.61 Å². The molecule has 152 valence electrons. The van der Waals surface area contributed by atoms with Crippen molar-refractivity contribution < 1.29 is 23.0 Å². The maximum absolute atomic E-state index is 12.6. The van der Waals surface area contributed by atoms with Gasteiger partial charge in [-0.05, 0) is 37.3 Å². The van der Waals surface area contributed by atoms with E-state index in [1.165, 1.54) is 13.0 Å². The molecule has 0 unspecified atom stereocenters. The molecule has 1 aliphatic heterocycles. The summed E-state index contributed by atoms with van der Waals surface area (Å²) in [5.41, 5.74) is 6.49. The number of carbonyl (C=O) groups is 1. The van der Waals surface area contributed by atoms with Crippen LogP contribution < -0.4 is 20.5 Å². The zero-order valence-corrected chi connectivity index (χ0v) is 16.0. The van der Waals surface area contributed by atoms with E-state index in [9.17, 15) is 13.6 Å². The summed E-state index contributed by atoms with van der Waals surface area (Å²) in [5.74, 6) is 0.830. The lowest BCUT2D eigenvalue weighted by Gasteiger charge is -2.21. The van der Waals surface area contributed by atoms with E-state index in [0.29, 0.717) is 31.4 Å². The SMILES string of the molecule is CC(=O)N1C[C@@H](Nc2ccc(OC(F)F)c(OCC3CC3)c2)C[C@@H]1CN.Cl. The number of amides is 1. The number of anilines is 1. The van der Waals surface area contributed by atoms with Crippen LogP contribution >= 0.6 is 12.4 Å². The molecule has 1 amide bonds. The summed E-state index contributed by atoms with van der Waals surface area (Å²) in [6.45, 7) is 0.103. The van der Waals surface area contributed by atoms with Crippen LogP contribution in [0.3, 0.4) is 0 Å². The number of hydrogen-bond donors (Lipinski definition) is 2. The fourth-order valence-corrected chi connectivity index (χ4v) is 3.26. The van der Waals surface area contributed by atoms with E-state index in [0.717, 1.165) is 24.9 Å². The molecule has 1 aromatic rings. The minimum absolute atomic E-state index is 0. The first-order valence-electron chi connectivity index (χ1n) is 8.91. The lowest BCUT2D eigenvalue weighted by Crippen LogP contribution is -2.38. The van der Waals surface area contributed by atoms with E-state index in [1.807, 2.05) is 0 Å². The van der Waals surface area contributed by atoms with E-state index >= 15 is 0 Å². The van der Waals surface area contributed by atoms with E-state index in [2.05, 4.69) is 10.1 Å². The van der Waals surface area contributed by atoms with Gasteiger partial charge in [-0.2, -0.15) is 8.78 Å². The van der Waals surface area contributed by atoms with Crippen molar-refractivity contribution >= 4 is 24.0 Å². The van der Waals surface area contributed by atoms with Crippen LogP contribution in [0, 0.1) is 5.92 Å². The molecular weight excluding hydrogens is 380 g/mol. The summed E-state index contributed by atoms with van der Waals surface area (Å²) >= 11 is 0. The summed E-state index contributed by atoms with van der Waals surface area (Å²) in [5, 5.41) is 3.34. The Morgan fingerprint density at radius 1 is 1.37 bits per heavy atom. The molecule has 9 heteroatoms. The number of alkyl halides is 2. The molecule has 2 fully saturated rings. The van der Waals surface area contributed by atoms with Crippen molar-refractivity contribution in [2.24, 2.45) is 11.7 Å². The van der Waals surface area contributed by atoms with Gasteiger partial charge in [0.15, 0.2) is 11.5 Å². The van der Waals surface area contributed by atoms with Crippen LogP contribution in [-0.2, 0) is 4.79 Å². The number of nitrogens with zero attached hydrogens (tertiary/aromatic N) is 1. The third-order valence-corrected chi connectivity index (χ3v) is 4.79. The molecule has 1 saturated carbocycles. The zero-order chi connectivity index (χ0) is 18.7. The highest BCUT2D eigenvalue weighted by atomic mass is 35.5. The third kappa shape index (κ3) is 5.84. The van der Waals surface area contributed by atoms with Crippen LogP contribution in [0.5, 0.6) is 11.5 Å². The lowest BCUT2D eigenvalue weighted by molar-refractivity contribution is -0.129. The van der Waals surface area contributed by atoms with Crippen LogP contribution in [0.1, 0.15) is 26.2 Å². The van der Waals surface area contributed by atoms with Crippen molar-refractivity contribution in [1.29, 1.82) is 0 Å². The predicted molar refractivity (Wildman–Crippen MR) is 101 cm³/mol. The smallest absolute Gasteiger partial charge is 0.387 e. The average Bonchev–Trinajstić information content (AvgIpc) is 3.33. The number of nitrogens with one attached hydrogen (secondary N) is 1. The lowest BCUT2D eigenvalue weighted by atomic mass is 10.1. The highest BCUT2D eigenvalue weighted by Gasteiger charge is 2.32. The number of nitrogens with two attached hydrogens (primary N) is 1. The minimum Gasteiger partial charge on any atom is -0.489 e. The van der Waals surface area contributed by atoms with Crippen molar-refractivity contribution in [3.63, 3.8) is 0 Å². The maximum atomic E-state index is 12.6. The molecule has 0 radical (unpaired) electrons. The first-order valence-corrected chi connectivity index (χ1v) is 8.91. The number of halogens is 3. The topological polar surface area (TPSA) is 76.8 Å². The molecule has 1 aromatic carbocycles. The first kappa shape index (κ1) is 21.5. The van der Waals surface area contributed by atoms with Crippen LogP contribution in [0.2, 0.25) is 0 Å². The third-order valence-electron chi connectivity index (χ3n) is 4.79. The number of ether oxygens (including phenoxy) is 2. The standard InChI is InChI=1S/C18H25F2N3O3.ClH/c1-11(24)23-9-14(6-15(23)8-21)22-13-4-5-16(26-18(19)20)17(7-13)25-10-12-2-3-12;/h4-5,7,12,14-15,18,22H,2-3,6,8-10,21H2,1H3;1H/t14-,15+;/m0./s1. The minimum atomic E-state index is -2.90. The molecule has 1 saturated heterocycles. The monoisotopic (exact) mass is 405 g/mol. The predicted octanol–water partition coefficient (Wildman–Crippen LogP) is 2.86. The molecular formula is C18H26ClF2N3O3. The molecule has 2 aliphatic rings. The van der Waals surface area contributed by atoms with Crippen molar-refractivity contribution in [3.05, 3.63) is 18.2 Å². The van der Waals surface area contributed by atoms with Crippen molar-refractivity contribution in [2.45, 2.75) is 44.9 Å². The second kappa shape index (κ2) is 9.41. The number of carbonyl (C=O) groups excluding carboxylic acids is 1. The Labute approximate surface area is 163 Å². The molecule has 1 heterocycles. The van der Waals surface area contributed by atoms with Crippen LogP contribution in [-0.4, -0.2) is 49.2 Å². The highest BCUT2D eigenvalue weighted by Crippen LogP contribution is 2.35. The van der Waals surface area contributed by atoms with Crippen molar-refractivity contribution in [2.75, 3.05) is 25.0 Å². The first-order chi connectivity index (χ1) is 12.5. The Morgan fingerprint density at radius 2 is 2.11 bits per heavy atom. The van der Waals surface area contributed by atoms with Crippen LogP contribution in [0.25, 0.3) is 0 Å². The van der Waals surface area contributed by atoms with Gasteiger partial charge in [0.05, 0.1) is 6.61 Å². The summed E-state index contributed by atoms with van der Waals surface area (Å²) in [7, 11) is 0. The number of benzene rings is 1. The van der Waals surface area contributed by atoms with Gasteiger partial charge in [-0.25, -0.2) is 0 Å². The van der Waals surface area contributed by atoms with Gasteiger partial charge in [0.25, 0.3) is 0 Å². The molecule has 0 spiro atoms. The number of likely N-dealkylation sites (tertiary alicyclic amines) is 1. The van der Waals surface area contributed by atoms with Crippen LogP contribution in [0.4, 0.5) is 14.5 Å². The summed E-state index contributed by atoms with van der Waals surface area (Å²) in [6.07, 6.45) is 2.95. The fraction of sp³-hybridized carbons (Fsp3) is 0.611. The quantitative estimate of drug-likeness (QED) is 0.695. The molecule has 3 rings (SSSR count). The molecule has 27 heavy (non-hydrogen) atoms. The van der Waals surface area contributed by atoms with Gasteiger partial charge < -0.3 is 25.4 Å². The Bertz CT molecular complexity index is 646.